The molecule has 39 heavy (non-hydrogen) atoms. The molecule has 0 atom stereocenters. The van der Waals surface area contributed by atoms with Crippen LogP contribution in [0.3, 0.4) is 0 Å². The van der Waals surface area contributed by atoms with Crippen LogP contribution in [-0.4, -0.2) is 11.8 Å². The molecule has 3 aliphatic rings. The molecule has 0 spiro atoms. The highest BCUT2D eigenvalue weighted by molar-refractivity contribution is 6.03. The first kappa shape index (κ1) is 30.1. The molecule has 1 aromatic carbocycles. The van der Waals surface area contributed by atoms with E-state index < -0.39 is 5.91 Å². The zero-order valence-electron chi connectivity index (χ0n) is 25.7. The van der Waals surface area contributed by atoms with Crippen molar-refractivity contribution in [3.63, 3.8) is 0 Å². The van der Waals surface area contributed by atoms with Gasteiger partial charge < -0.3 is 11.5 Å². The quantitative estimate of drug-likeness (QED) is 0.348. The molecule has 2 amide bonds. The van der Waals surface area contributed by atoms with E-state index in [0.717, 1.165) is 68.8 Å². The van der Waals surface area contributed by atoms with Crippen LogP contribution in [0.5, 0.6) is 0 Å². The average Bonchev–Trinajstić information content (AvgIpc) is 2.91. The van der Waals surface area contributed by atoms with E-state index in [4.69, 9.17) is 11.5 Å². The van der Waals surface area contributed by atoms with E-state index in [0.29, 0.717) is 46.6 Å². The van der Waals surface area contributed by atoms with Gasteiger partial charge in [-0.15, -0.1) is 0 Å². The number of nitrogens with two attached hydrogens (primary N) is 2. The normalized spacial score (nSPS) is 30.2. The first-order valence-corrected chi connectivity index (χ1v) is 16.3. The molecule has 3 aliphatic carbocycles. The van der Waals surface area contributed by atoms with Crippen LogP contribution in [0, 0.1) is 35.5 Å². The number of hydrogen-bond donors (Lipinski definition) is 2. The second-order valence-corrected chi connectivity index (χ2v) is 14.5. The summed E-state index contributed by atoms with van der Waals surface area (Å²) >= 11 is 0. The van der Waals surface area contributed by atoms with Gasteiger partial charge >= 0.3 is 0 Å². The van der Waals surface area contributed by atoms with E-state index in [2.05, 4.69) is 47.6 Å². The van der Waals surface area contributed by atoms with E-state index in [1.807, 2.05) is 0 Å². The van der Waals surface area contributed by atoms with Crippen molar-refractivity contribution in [3.05, 3.63) is 33.9 Å². The fourth-order valence-corrected chi connectivity index (χ4v) is 8.65. The van der Waals surface area contributed by atoms with Crippen LogP contribution in [-0.2, 0) is 0 Å². The number of benzene rings is 1. The Morgan fingerprint density at radius 2 is 0.923 bits per heavy atom. The smallest absolute Gasteiger partial charge is 0.249 e. The minimum Gasteiger partial charge on any atom is -0.366 e. The largest absolute Gasteiger partial charge is 0.366 e. The van der Waals surface area contributed by atoms with Gasteiger partial charge in [0.25, 0.3) is 0 Å². The minimum absolute atomic E-state index is 0.182. The molecule has 4 heteroatoms. The summed E-state index contributed by atoms with van der Waals surface area (Å²) in [5.41, 5.74) is 17.0. The lowest BCUT2D eigenvalue weighted by atomic mass is 9.66. The summed E-state index contributed by atoms with van der Waals surface area (Å²) < 4.78 is 0. The molecule has 0 saturated heterocycles. The second kappa shape index (κ2) is 12.8. The monoisotopic (exact) mass is 536 g/mol. The molecular weight excluding hydrogens is 480 g/mol. The molecular formula is C35H56N2O2. The zero-order valence-corrected chi connectivity index (χ0v) is 25.7. The Morgan fingerprint density at radius 1 is 0.564 bits per heavy atom. The summed E-state index contributed by atoms with van der Waals surface area (Å²) in [5, 5.41) is 0. The molecule has 4 N–H and O–H groups in total. The third-order valence-corrected chi connectivity index (χ3v) is 11.4. The maximum Gasteiger partial charge on any atom is 0.249 e. The number of hydrogen-bond acceptors (Lipinski definition) is 2. The summed E-state index contributed by atoms with van der Waals surface area (Å²) in [5.74, 6) is 4.41. The summed E-state index contributed by atoms with van der Waals surface area (Å²) in [4.78, 5) is 26.6. The van der Waals surface area contributed by atoms with Crippen LogP contribution in [0.25, 0.3) is 0 Å². The molecule has 0 bridgehead atoms. The Kier molecular flexibility index (Phi) is 9.87. The third-order valence-electron chi connectivity index (χ3n) is 11.4. The van der Waals surface area contributed by atoms with Gasteiger partial charge in [0.15, 0.2) is 0 Å². The Hall–Kier alpha value is -1.84. The van der Waals surface area contributed by atoms with Crippen molar-refractivity contribution in [2.45, 2.75) is 136 Å². The molecule has 3 fully saturated rings. The molecule has 218 valence electrons. The van der Waals surface area contributed by atoms with Gasteiger partial charge in [-0.25, -0.2) is 0 Å². The predicted octanol–water partition coefficient (Wildman–Crippen LogP) is 8.67. The maximum atomic E-state index is 13.5. The number of carbonyl (C=O) groups excluding carboxylic acids is 2. The molecule has 4 nitrogen and oxygen atoms in total. The molecule has 0 radical (unpaired) electrons. The van der Waals surface area contributed by atoms with Gasteiger partial charge in [-0.05, 0) is 153 Å². The highest BCUT2D eigenvalue weighted by atomic mass is 16.1. The van der Waals surface area contributed by atoms with Gasteiger partial charge in [-0.1, -0.05) is 41.5 Å². The SMILES string of the molecule is CC(C)C1CCC(c2cc(C(N)=O)c(C3CCC(C(C)C)CC3)c(C(N)=O)c2C2CCC(C(C)C)CC2)CC1. The lowest BCUT2D eigenvalue weighted by Crippen LogP contribution is -2.30. The summed E-state index contributed by atoms with van der Waals surface area (Å²) in [6.45, 7) is 14.0. The van der Waals surface area contributed by atoms with Crippen molar-refractivity contribution in [3.8, 4) is 0 Å². The Bertz CT molecular complexity index is 1000. The summed E-state index contributed by atoms with van der Waals surface area (Å²) in [7, 11) is 0. The first-order chi connectivity index (χ1) is 18.5. The van der Waals surface area contributed by atoms with Crippen LogP contribution < -0.4 is 11.5 Å². The van der Waals surface area contributed by atoms with Crippen molar-refractivity contribution in [1.29, 1.82) is 0 Å². The van der Waals surface area contributed by atoms with Crippen LogP contribution >= 0.6 is 0 Å². The van der Waals surface area contributed by atoms with Crippen LogP contribution in [0.2, 0.25) is 0 Å². The highest BCUT2D eigenvalue weighted by Gasteiger charge is 2.37. The van der Waals surface area contributed by atoms with Crippen LogP contribution in [0.4, 0.5) is 0 Å². The van der Waals surface area contributed by atoms with Crippen molar-refractivity contribution in [2.24, 2.45) is 47.0 Å². The first-order valence-electron chi connectivity index (χ1n) is 16.3. The van der Waals surface area contributed by atoms with Crippen molar-refractivity contribution in [1.82, 2.24) is 0 Å². The Labute approximate surface area is 238 Å². The molecule has 4 rings (SSSR count). The highest BCUT2D eigenvalue weighted by Crippen LogP contribution is 2.50. The molecule has 0 aromatic heterocycles. The molecule has 0 unspecified atom stereocenters. The number of primary amides is 2. The van der Waals surface area contributed by atoms with E-state index in [1.165, 1.54) is 36.8 Å². The Balaban J connectivity index is 1.82. The van der Waals surface area contributed by atoms with Crippen molar-refractivity contribution >= 4 is 11.8 Å². The molecule has 3 saturated carbocycles. The lowest BCUT2D eigenvalue weighted by Gasteiger charge is -2.39. The zero-order chi connectivity index (χ0) is 28.4. The predicted molar refractivity (Wildman–Crippen MR) is 162 cm³/mol. The fraction of sp³-hybridized carbons (Fsp3) is 0.771. The minimum atomic E-state index is -0.398. The van der Waals surface area contributed by atoms with Crippen molar-refractivity contribution < 1.29 is 9.59 Å². The maximum absolute atomic E-state index is 13.5. The van der Waals surface area contributed by atoms with E-state index >= 15 is 0 Å². The second-order valence-electron chi connectivity index (χ2n) is 14.5. The number of carbonyl (C=O) groups is 2. The topological polar surface area (TPSA) is 86.2 Å². The fourth-order valence-electron chi connectivity index (χ4n) is 8.65. The van der Waals surface area contributed by atoms with Crippen LogP contribution in [0.15, 0.2) is 6.07 Å². The van der Waals surface area contributed by atoms with E-state index in [9.17, 15) is 9.59 Å². The van der Waals surface area contributed by atoms with Crippen molar-refractivity contribution in [2.75, 3.05) is 0 Å². The van der Waals surface area contributed by atoms with Gasteiger partial charge in [0, 0.05) is 11.1 Å². The Morgan fingerprint density at radius 3 is 1.26 bits per heavy atom. The van der Waals surface area contributed by atoms with Gasteiger partial charge in [0.05, 0.1) is 0 Å². The average molecular weight is 537 g/mol. The van der Waals surface area contributed by atoms with E-state index in [1.54, 1.807) is 0 Å². The number of rotatable bonds is 8. The van der Waals surface area contributed by atoms with Gasteiger partial charge in [0.2, 0.25) is 11.8 Å². The number of amides is 2. The van der Waals surface area contributed by atoms with Gasteiger partial charge in [0.1, 0.15) is 0 Å². The van der Waals surface area contributed by atoms with Gasteiger partial charge in [-0.3, -0.25) is 9.59 Å². The summed E-state index contributed by atoms with van der Waals surface area (Å²) in [6, 6.07) is 2.16. The molecule has 1 aromatic rings. The molecule has 0 heterocycles. The standard InChI is InChI=1S/C35H56N2O2/c1-20(2)23-7-13-26(14-8-23)29-19-30(34(36)38)32(28-17-11-25(12-18-28)22(5)6)33(35(37)39)31(29)27-15-9-24(10-16-27)21(3)4/h19-28H,7-18H2,1-6H3,(H2,36,38)(H2,37,39). The van der Waals surface area contributed by atoms with Crippen LogP contribution in [0.1, 0.15) is 174 Å². The molecule has 0 aliphatic heterocycles. The van der Waals surface area contributed by atoms with Gasteiger partial charge in [-0.2, -0.15) is 0 Å². The third kappa shape index (κ3) is 6.57. The lowest BCUT2D eigenvalue weighted by molar-refractivity contribution is 0.0995. The van der Waals surface area contributed by atoms with E-state index in [-0.39, 0.29) is 11.8 Å². The summed E-state index contributed by atoms with van der Waals surface area (Å²) in [6.07, 6.45) is 13.5.